The molecule has 0 radical (unpaired) electrons. The first-order valence-electron chi connectivity index (χ1n) is 4.82. The third-order valence-corrected chi connectivity index (χ3v) is 3.35. The lowest BCUT2D eigenvalue weighted by Gasteiger charge is -2.24. The van der Waals surface area contributed by atoms with Crippen molar-refractivity contribution in [1.29, 1.82) is 0 Å². The highest BCUT2D eigenvalue weighted by atomic mass is 35.5. The average Bonchev–Trinajstić information content (AvgIpc) is 2.50. The SMILES string of the molecule is CC(C)N(CCN)Cc1ccc(Cl)s1. The Balaban J connectivity index is 2.55. The molecule has 0 aliphatic rings. The molecule has 0 bridgehead atoms. The first kappa shape index (κ1) is 12.0. The Bertz CT molecular complexity index is 273. The molecule has 0 aromatic carbocycles. The molecule has 0 fully saturated rings. The smallest absolute Gasteiger partial charge is 0.0931 e. The molecule has 1 aromatic heterocycles. The van der Waals surface area contributed by atoms with Gasteiger partial charge in [-0.3, -0.25) is 4.90 Å². The molecule has 0 aliphatic heterocycles. The molecule has 1 rings (SSSR count). The van der Waals surface area contributed by atoms with Crippen LogP contribution in [0.1, 0.15) is 18.7 Å². The van der Waals surface area contributed by atoms with E-state index >= 15 is 0 Å². The van der Waals surface area contributed by atoms with Crippen LogP contribution in [0.5, 0.6) is 0 Å². The molecule has 0 saturated carbocycles. The van der Waals surface area contributed by atoms with Crippen LogP contribution < -0.4 is 5.73 Å². The van der Waals surface area contributed by atoms with Gasteiger partial charge in [0.1, 0.15) is 0 Å². The van der Waals surface area contributed by atoms with Crippen molar-refractivity contribution in [3.63, 3.8) is 0 Å². The van der Waals surface area contributed by atoms with Crippen LogP contribution in [-0.4, -0.2) is 24.0 Å². The number of hydrogen-bond acceptors (Lipinski definition) is 3. The van der Waals surface area contributed by atoms with Gasteiger partial charge in [0, 0.05) is 30.6 Å². The molecule has 0 unspecified atom stereocenters. The molecule has 0 atom stereocenters. The van der Waals surface area contributed by atoms with Crippen LogP contribution in [0.3, 0.4) is 0 Å². The second-order valence-electron chi connectivity index (χ2n) is 3.56. The standard InChI is InChI=1S/C10H17ClN2S/c1-8(2)13(6-5-12)7-9-3-4-10(11)14-9/h3-4,8H,5-7,12H2,1-2H3. The maximum Gasteiger partial charge on any atom is 0.0931 e. The Morgan fingerprint density at radius 1 is 1.50 bits per heavy atom. The minimum Gasteiger partial charge on any atom is -0.329 e. The van der Waals surface area contributed by atoms with E-state index in [2.05, 4.69) is 24.8 Å². The van der Waals surface area contributed by atoms with Crippen molar-refractivity contribution in [3.8, 4) is 0 Å². The van der Waals surface area contributed by atoms with Crippen molar-refractivity contribution in [2.45, 2.75) is 26.4 Å². The van der Waals surface area contributed by atoms with E-state index in [9.17, 15) is 0 Å². The Morgan fingerprint density at radius 3 is 2.64 bits per heavy atom. The number of hydrogen-bond donors (Lipinski definition) is 1. The van der Waals surface area contributed by atoms with Gasteiger partial charge in [-0.25, -0.2) is 0 Å². The van der Waals surface area contributed by atoms with Crippen molar-refractivity contribution in [1.82, 2.24) is 4.90 Å². The number of halogens is 1. The van der Waals surface area contributed by atoms with Crippen LogP contribution in [0, 0.1) is 0 Å². The van der Waals surface area contributed by atoms with Gasteiger partial charge in [0.2, 0.25) is 0 Å². The molecule has 80 valence electrons. The lowest BCUT2D eigenvalue weighted by Crippen LogP contribution is -2.34. The maximum atomic E-state index is 5.88. The van der Waals surface area contributed by atoms with E-state index in [0.717, 1.165) is 17.4 Å². The van der Waals surface area contributed by atoms with Crippen molar-refractivity contribution in [3.05, 3.63) is 21.3 Å². The first-order valence-corrected chi connectivity index (χ1v) is 6.01. The molecule has 0 spiro atoms. The zero-order valence-corrected chi connectivity index (χ0v) is 10.2. The lowest BCUT2D eigenvalue weighted by molar-refractivity contribution is 0.221. The van der Waals surface area contributed by atoms with Crippen LogP contribution in [0.15, 0.2) is 12.1 Å². The van der Waals surface area contributed by atoms with E-state index in [4.69, 9.17) is 17.3 Å². The van der Waals surface area contributed by atoms with Crippen LogP contribution >= 0.6 is 22.9 Å². The lowest BCUT2D eigenvalue weighted by atomic mass is 10.3. The van der Waals surface area contributed by atoms with E-state index in [1.165, 1.54) is 4.88 Å². The molecule has 0 aliphatic carbocycles. The van der Waals surface area contributed by atoms with E-state index in [1.54, 1.807) is 11.3 Å². The van der Waals surface area contributed by atoms with Gasteiger partial charge in [-0.05, 0) is 26.0 Å². The van der Waals surface area contributed by atoms with Gasteiger partial charge in [0.05, 0.1) is 4.34 Å². The topological polar surface area (TPSA) is 29.3 Å². The largest absolute Gasteiger partial charge is 0.329 e. The molecular weight excluding hydrogens is 216 g/mol. The summed E-state index contributed by atoms with van der Waals surface area (Å²) in [6, 6.07) is 4.56. The Kier molecular flexibility index (Phi) is 4.89. The number of rotatable bonds is 5. The summed E-state index contributed by atoms with van der Waals surface area (Å²) in [6.07, 6.45) is 0. The summed E-state index contributed by atoms with van der Waals surface area (Å²) in [6.45, 7) is 6.96. The molecule has 4 heteroatoms. The number of nitrogens with two attached hydrogens (primary N) is 1. The monoisotopic (exact) mass is 232 g/mol. The second-order valence-corrected chi connectivity index (χ2v) is 5.36. The fourth-order valence-corrected chi connectivity index (χ4v) is 2.44. The normalized spacial score (nSPS) is 11.6. The highest BCUT2D eigenvalue weighted by Gasteiger charge is 2.10. The minimum atomic E-state index is 0.527. The maximum absolute atomic E-state index is 5.88. The van der Waals surface area contributed by atoms with E-state index < -0.39 is 0 Å². The van der Waals surface area contributed by atoms with Gasteiger partial charge in [-0.2, -0.15) is 0 Å². The van der Waals surface area contributed by atoms with Crippen molar-refractivity contribution >= 4 is 22.9 Å². The summed E-state index contributed by atoms with van der Waals surface area (Å²) in [5.74, 6) is 0. The van der Waals surface area contributed by atoms with Crippen LogP contribution in [-0.2, 0) is 6.54 Å². The van der Waals surface area contributed by atoms with E-state index in [0.29, 0.717) is 12.6 Å². The predicted molar refractivity (Wildman–Crippen MR) is 63.9 cm³/mol. The fourth-order valence-electron chi connectivity index (χ4n) is 1.32. The van der Waals surface area contributed by atoms with Crippen LogP contribution in [0.2, 0.25) is 4.34 Å². The van der Waals surface area contributed by atoms with E-state index in [-0.39, 0.29) is 0 Å². The number of nitrogens with zero attached hydrogens (tertiary/aromatic N) is 1. The Labute approximate surface area is 94.7 Å². The molecule has 0 amide bonds. The minimum absolute atomic E-state index is 0.527. The first-order chi connectivity index (χ1) is 6.63. The van der Waals surface area contributed by atoms with Crippen molar-refractivity contribution < 1.29 is 0 Å². The quantitative estimate of drug-likeness (QED) is 0.846. The summed E-state index contributed by atoms with van der Waals surface area (Å²) in [7, 11) is 0. The molecule has 1 aromatic rings. The van der Waals surface area contributed by atoms with Crippen molar-refractivity contribution in [2.24, 2.45) is 5.73 Å². The van der Waals surface area contributed by atoms with Gasteiger partial charge in [0.15, 0.2) is 0 Å². The molecular formula is C10H17ClN2S. The molecule has 14 heavy (non-hydrogen) atoms. The molecule has 2 nitrogen and oxygen atoms in total. The molecule has 0 saturated heterocycles. The highest BCUT2D eigenvalue weighted by Crippen LogP contribution is 2.23. The van der Waals surface area contributed by atoms with E-state index in [1.807, 2.05) is 6.07 Å². The summed E-state index contributed by atoms with van der Waals surface area (Å²) >= 11 is 7.52. The van der Waals surface area contributed by atoms with Gasteiger partial charge in [-0.1, -0.05) is 11.6 Å². The summed E-state index contributed by atoms with van der Waals surface area (Å²) in [5.41, 5.74) is 5.56. The van der Waals surface area contributed by atoms with Crippen molar-refractivity contribution in [2.75, 3.05) is 13.1 Å². The summed E-state index contributed by atoms with van der Waals surface area (Å²) < 4.78 is 0.858. The number of thiophene rings is 1. The van der Waals surface area contributed by atoms with Crippen LogP contribution in [0.25, 0.3) is 0 Å². The fraction of sp³-hybridized carbons (Fsp3) is 0.600. The third kappa shape index (κ3) is 3.58. The zero-order valence-electron chi connectivity index (χ0n) is 8.66. The second kappa shape index (κ2) is 5.71. The summed E-state index contributed by atoms with van der Waals surface area (Å²) in [5, 5.41) is 0. The zero-order chi connectivity index (χ0) is 10.6. The highest BCUT2D eigenvalue weighted by molar-refractivity contribution is 7.16. The average molecular weight is 233 g/mol. The predicted octanol–water partition coefficient (Wildman–Crippen LogP) is 2.57. The molecule has 2 N–H and O–H groups in total. The van der Waals surface area contributed by atoms with Gasteiger partial charge >= 0.3 is 0 Å². The van der Waals surface area contributed by atoms with Crippen LogP contribution in [0.4, 0.5) is 0 Å². The van der Waals surface area contributed by atoms with Gasteiger partial charge < -0.3 is 5.73 Å². The Hall–Kier alpha value is -0.0900. The Morgan fingerprint density at radius 2 is 2.21 bits per heavy atom. The third-order valence-electron chi connectivity index (χ3n) is 2.13. The van der Waals surface area contributed by atoms with Gasteiger partial charge in [-0.15, -0.1) is 11.3 Å². The van der Waals surface area contributed by atoms with Gasteiger partial charge in [0.25, 0.3) is 0 Å². The summed E-state index contributed by atoms with van der Waals surface area (Å²) in [4.78, 5) is 3.65. The molecule has 1 heterocycles.